The number of primary amides is 1. The molecule has 1 amide bonds. The van der Waals surface area contributed by atoms with Crippen molar-refractivity contribution in [3.8, 4) is 0 Å². The van der Waals surface area contributed by atoms with E-state index in [-0.39, 0.29) is 5.91 Å². The first-order valence-electron chi connectivity index (χ1n) is 4.16. The molecule has 0 heterocycles. The molecule has 0 spiro atoms. The van der Waals surface area contributed by atoms with Gasteiger partial charge in [0.25, 0.3) is 0 Å². The molecule has 2 nitrogen and oxygen atoms in total. The molecular weight excluding hydrogens is 162 g/mol. The minimum absolute atomic E-state index is 0.372. The van der Waals surface area contributed by atoms with Gasteiger partial charge in [0.15, 0.2) is 0 Å². The molecule has 13 heavy (non-hydrogen) atoms. The number of rotatable bonds is 3. The zero-order valence-electron chi connectivity index (χ0n) is 7.71. The van der Waals surface area contributed by atoms with Crippen LogP contribution in [0, 0.1) is 6.92 Å². The summed E-state index contributed by atoms with van der Waals surface area (Å²) < 4.78 is 0. The van der Waals surface area contributed by atoms with E-state index >= 15 is 0 Å². The maximum absolute atomic E-state index is 11.0. The summed E-state index contributed by atoms with van der Waals surface area (Å²) in [6.45, 7) is 5.56. The van der Waals surface area contributed by atoms with Crippen LogP contribution in [0.5, 0.6) is 0 Å². The highest BCUT2D eigenvalue weighted by Gasteiger charge is 2.06. The van der Waals surface area contributed by atoms with Crippen molar-refractivity contribution in [2.24, 2.45) is 5.73 Å². The van der Waals surface area contributed by atoms with Crippen molar-refractivity contribution in [1.82, 2.24) is 0 Å². The highest BCUT2D eigenvalue weighted by atomic mass is 16.1. The number of hydrogen-bond donors (Lipinski definition) is 1. The monoisotopic (exact) mass is 175 g/mol. The van der Waals surface area contributed by atoms with Gasteiger partial charge in [-0.05, 0) is 30.5 Å². The normalized spacial score (nSPS) is 9.62. The van der Waals surface area contributed by atoms with Crippen molar-refractivity contribution >= 4 is 5.91 Å². The van der Waals surface area contributed by atoms with Crippen LogP contribution in [0.3, 0.4) is 0 Å². The van der Waals surface area contributed by atoms with Crippen molar-refractivity contribution in [3.63, 3.8) is 0 Å². The van der Waals surface area contributed by atoms with Gasteiger partial charge in [-0.15, -0.1) is 6.58 Å². The fourth-order valence-electron chi connectivity index (χ4n) is 1.33. The van der Waals surface area contributed by atoms with E-state index in [2.05, 4.69) is 6.58 Å². The van der Waals surface area contributed by atoms with E-state index in [0.29, 0.717) is 5.56 Å². The first-order chi connectivity index (χ1) is 6.16. The summed E-state index contributed by atoms with van der Waals surface area (Å²) in [6, 6.07) is 5.56. The van der Waals surface area contributed by atoms with E-state index in [1.54, 1.807) is 6.07 Å². The number of nitrogens with two attached hydrogens (primary N) is 1. The van der Waals surface area contributed by atoms with Crippen LogP contribution in [0.25, 0.3) is 0 Å². The van der Waals surface area contributed by atoms with E-state index in [0.717, 1.165) is 17.5 Å². The smallest absolute Gasteiger partial charge is 0.248 e. The second-order valence-corrected chi connectivity index (χ2v) is 2.95. The summed E-state index contributed by atoms with van der Waals surface area (Å²) in [4.78, 5) is 11.0. The van der Waals surface area contributed by atoms with Crippen LogP contribution < -0.4 is 5.73 Å². The van der Waals surface area contributed by atoms with Crippen LogP contribution in [-0.2, 0) is 6.42 Å². The first-order valence-corrected chi connectivity index (χ1v) is 4.16. The van der Waals surface area contributed by atoms with Gasteiger partial charge in [-0.25, -0.2) is 0 Å². The van der Waals surface area contributed by atoms with Crippen LogP contribution in [0.15, 0.2) is 30.9 Å². The van der Waals surface area contributed by atoms with E-state index < -0.39 is 0 Å². The Morgan fingerprint density at radius 1 is 1.62 bits per heavy atom. The predicted octanol–water partition coefficient (Wildman–Crippen LogP) is 1.82. The van der Waals surface area contributed by atoms with E-state index in [9.17, 15) is 4.79 Å². The lowest BCUT2D eigenvalue weighted by Gasteiger charge is -2.06. The van der Waals surface area contributed by atoms with Crippen LogP contribution in [0.4, 0.5) is 0 Å². The number of benzene rings is 1. The van der Waals surface area contributed by atoms with Crippen LogP contribution >= 0.6 is 0 Å². The summed E-state index contributed by atoms with van der Waals surface area (Å²) >= 11 is 0. The molecule has 0 saturated carbocycles. The van der Waals surface area contributed by atoms with Crippen molar-refractivity contribution in [1.29, 1.82) is 0 Å². The highest BCUT2D eigenvalue weighted by Crippen LogP contribution is 2.13. The van der Waals surface area contributed by atoms with Gasteiger partial charge in [0, 0.05) is 5.56 Å². The number of carbonyl (C=O) groups excluding carboxylic acids is 1. The molecule has 0 aliphatic heterocycles. The Kier molecular flexibility index (Phi) is 2.85. The number of amides is 1. The van der Waals surface area contributed by atoms with Gasteiger partial charge in [0.05, 0.1) is 0 Å². The predicted molar refractivity (Wildman–Crippen MR) is 53.6 cm³/mol. The molecule has 0 saturated heterocycles. The topological polar surface area (TPSA) is 43.1 Å². The average Bonchev–Trinajstić information content (AvgIpc) is 2.08. The van der Waals surface area contributed by atoms with Gasteiger partial charge < -0.3 is 5.73 Å². The van der Waals surface area contributed by atoms with Crippen LogP contribution in [0.1, 0.15) is 21.5 Å². The van der Waals surface area contributed by atoms with Crippen molar-refractivity contribution in [2.75, 3.05) is 0 Å². The molecule has 0 radical (unpaired) electrons. The third-order valence-corrected chi connectivity index (χ3v) is 2.08. The lowest BCUT2D eigenvalue weighted by Crippen LogP contribution is -2.13. The van der Waals surface area contributed by atoms with Gasteiger partial charge in [-0.3, -0.25) is 4.79 Å². The molecule has 0 atom stereocenters. The molecule has 0 unspecified atom stereocenters. The molecule has 0 fully saturated rings. The van der Waals surface area contributed by atoms with E-state index in [1.165, 1.54) is 0 Å². The van der Waals surface area contributed by atoms with Gasteiger partial charge >= 0.3 is 0 Å². The molecule has 2 heteroatoms. The number of allylic oxidation sites excluding steroid dienone is 1. The SMILES string of the molecule is C=CCc1cccc(C(N)=O)c1C. The molecular formula is C11H13NO. The van der Waals surface area contributed by atoms with Crippen molar-refractivity contribution in [2.45, 2.75) is 13.3 Å². The molecule has 68 valence electrons. The van der Waals surface area contributed by atoms with Crippen molar-refractivity contribution in [3.05, 3.63) is 47.5 Å². The fourth-order valence-corrected chi connectivity index (χ4v) is 1.33. The summed E-state index contributed by atoms with van der Waals surface area (Å²) in [6.07, 6.45) is 2.58. The Labute approximate surface area is 78.1 Å². The Bertz CT molecular complexity index is 342. The Hall–Kier alpha value is -1.57. The number of carbonyl (C=O) groups is 1. The van der Waals surface area contributed by atoms with Gasteiger partial charge in [0.2, 0.25) is 5.91 Å². The summed E-state index contributed by atoms with van der Waals surface area (Å²) in [7, 11) is 0. The molecule has 2 N–H and O–H groups in total. The first kappa shape index (κ1) is 9.52. The summed E-state index contributed by atoms with van der Waals surface area (Å²) in [5, 5.41) is 0. The van der Waals surface area contributed by atoms with Crippen LogP contribution in [-0.4, -0.2) is 5.91 Å². The maximum atomic E-state index is 11.0. The lowest BCUT2D eigenvalue weighted by atomic mass is 10.00. The van der Waals surface area contributed by atoms with Crippen molar-refractivity contribution < 1.29 is 4.79 Å². The second kappa shape index (κ2) is 3.90. The average molecular weight is 175 g/mol. The summed E-state index contributed by atoms with van der Waals surface area (Å²) in [5.41, 5.74) is 7.87. The van der Waals surface area contributed by atoms with Gasteiger partial charge in [-0.2, -0.15) is 0 Å². The third kappa shape index (κ3) is 1.96. The van der Waals surface area contributed by atoms with Crippen LogP contribution in [0.2, 0.25) is 0 Å². The van der Waals surface area contributed by atoms with Gasteiger partial charge in [0.1, 0.15) is 0 Å². The largest absolute Gasteiger partial charge is 0.366 e. The Morgan fingerprint density at radius 2 is 2.31 bits per heavy atom. The Balaban J connectivity index is 3.17. The summed E-state index contributed by atoms with van der Waals surface area (Å²) in [5.74, 6) is -0.372. The second-order valence-electron chi connectivity index (χ2n) is 2.95. The Morgan fingerprint density at radius 3 is 2.85 bits per heavy atom. The minimum Gasteiger partial charge on any atom is -0.366 e. The lowest BCUT2D eigenvalue weighted by molar-refractivity contribution is 0.0999. The maximum Gasteiger partial charge on any atom is 0.248 e. The molecule has 0 bridgehead atoms. The zero-order chi connectivity index (χ0) is 9.84. The molecule has 1 aromatic carbocycles. The fraction of sp³-hybridized carbons (Fsp3) is 0.182. The van der Waals surface area contributed by atoms with E-state index in [4.69, 9.17) is 5.73 Å². The molecule has 1 rings (SSSR count). The quantitative estimate of drug-likeness (QED) is 0.699. The molecule has 0 aliphatic carbocycles. The third-order valence-electron chi connectivity index (χ3n) is 2.08. The molecule has 1 aromatic rings. The van der Waals surface area contributed by atoms with E-state index in [1.807, 2.05) is 25.1 Å². The minimum atomic E-state index is -0.372. The van der Waals surface area contributed by atoms with Gasteiger partial charge in [-0.1, -0.05) is 18.2 Å². The molecule has 0 aromatic heterocycles. The number of hydrogen-bond acceptors (Lipinski definition) is 1. The standard InChI is InChI=1S/C11H13NO/c1-3-5-9-6-4-7-10(8(9)2)11(12)13/h3-4,6-7H,1,5H2,2H3,(H2,12,13). The zero-order valence-corrected chi connectivity index (χ0v) is 7.71. The highest BCUT2D eigenvalue weighted by molar-refractivity contribution is 5.94. The molecule has 0 aliphatic rings.